The molecule has 13 nitrogen and oxygen atoms in total. The molecule has 14 heteroatoms. The zero-order valence-corrected chi connectivity index (χ0v) is 25.6. The van der Waals surface area contributed by atoms with E-state index in [1.54, 1.807) is 38.2 Å². The monoisotopic (exact) mass is 638 g/mol. The first-order valence-corrected chi connectivity index (χ1v) is 15.0. The maximum absolute atomic E-state index is 13.5. The summed E-state index contributed by atoms with van der Waals surface area (Å²) in [5.41, 5.74) is -0.930. The van der Waals surface area contributed by atoms with Crippen molar-refractivity contribution in [1.82, 2.24) is 34.7 Å². The van der Waals surface area contributed by atoms with Crippen molar-refractivity contribution in [3.05, 3.63) is 111 Å². The van der Waals surface area contributed by atoms with Gasteiger partial charge in [0, 0.05) is 29.9 Å². The van der Waals surface area contributed by atoms with Crippen LogP contribution >= 0.6 is 0 Å². The number of nitrogens with zero attached hydrogens (tertiary/aromatic N) is 5. The van der Waals surface area contributed by atoms with Crippen LogP contribution in [0, 0.1) is 5.82 Å². The Labute approximate surface area is 267 Å². The summed E-state index contributed by atoms with van der Waals surface area (Å²) < 4.78 is 21.7. The number of anilines is 1. The number of pyridine rings is 3. The van der Waals surface area contributed by atoms with Gasteiger partial charge in [-0.15, -0.1) is 0 Å². The lowest BCUT2D eigenvalue weighted by molar-refractivity contribution is 0.0924. The van der Waals surface area contributed by atoms with E-state index in [0.29, 0.717) is 22.4 Å². The summed E-state index contributed by atoms with van der Waals surface area (Å²) in [6, 6.07) is 10.9. The number of hydrogen-bond donors (Lipinski definition) is 3. The molecule has 0 unspecified atom stereocenters. The van der Waals surface area contributed by atoms with Gasteiger partial charge in [-0.3, -0.25) is 23.9 Å². The van der Waals surface area contributed by atoms with Gasteiger partial charge < -0.3 is 20.7 Å². The predicted molar refractivity (Wildman–Crippen MR) is 172 cm³/mol. The third kappa shape index (κ3) is 6.77. The second kappa shape index (κ2) is 13.3. The number of benzene rings is 1. The van der Waals surface area contributed by atoms with Crippen LogP contribution in [0.5, 0.6) is 11.5 Å². The minimum Gasteiger partial charge on any atom is -0.455 e. The van der Waals surface area contributed by atoms with Crippen LogP contribution in [0.1, 0.15) is 53.6 Å². The fourth-order valence-electron chi connectivity index (χ4n) is 5.20. The molecule has 0 bridgehead atoms. The predicted octanol–water partition coefficient (Wildman–Crippen LogP) is 3.58. The number of aromatic nitrogens is 5. The van der Waals surface area contributed by atoms with Crippen LogP contribution in [0.25, 0.3) is 16.6 Å². The number of halogens is 1. The van der Waals surface area contributed by atoms with Gasteiger partial charge in [0.05, 0.1) is 23.6 Å². The Balaban J connectivity index is 1.21. The van der Waals surface area contributed by atoms with E-state index in [9.17, 15) is 23.6 Å². The van der Waals surface area contributed by atoms with Crippen molar-refractivity contribution in [2.45, 2.75) is 38.8 Å². The van der Waals surface area contributed by atoms with Crippen molar-refractivity contribution in [3.8, 4) is 17.2 Å². The van der Waals surface area contributed by atoms with Gasteiger partial charge in [-0.1, -0.05) is 0 Å². The van der Waals surface area contributed by atoms with Crippen molar-refractivity contribution in [2.75, 3.05) is 18.4 Å². The van der Waals surface area contributed by atoms with Gasteiger partial charge >= 0.3 is 5.69 Å². The average Bonchev–Trinajstić information content (AvgIpc) is 3.07. The Hall–Kier alpha value is -5.76. The quantitative estimate of drug-likeness (QED) is 0.231. The number of carbonyl (C=O) groups excluding carboxylic acids is 2. The topological polar surface area (TPSA) is 162 Å². The maximum Gasteiger partial charge on any atom is 0.335 e. The number of ether oxygens (including phenoxy) is 1. The molecule has 1 saturated heterocycles. The second-order valence-corrected chi connectivity index (χ2v) is 11.3. The Morgan fingerprint density at radius 3 is 2.45 bits per heavy atom. The molecule has 240 valence electrons. The van der Waals surface area contributed by atoms with Gasteiger partial charge in [-0.25, -0.2) is 23.7 Å². The van der Waals surface area contributed by atoms with Gasteiger partial charge in [0.15, 0.2) is 0 Å². The summed E-state index contributed by atoms with van der Waals surface area (Å²) in [5.74, 6) is -0.720. The first-order valence-electron chi connectivity index (χ1n) is 15.0. The summed E-state index contributed by atoms with van der Waals surface area (Å²) >= 11 is 0. The molecule has 0 aliphatic carbocycles. The second-order valence-electron chi connectivity index (χ2n) is 11.3. The molecule has 0 saturated carbocycles. The number of piperidine rings is 1. The lowest BCUT2D eigenvalue weighted by Gasteiger charge is -2.23. The fourth-order valence-corrected chi connectivity index (χ4v) is 5.20. The first kappa shape index (κ1) is 31.2. The van der Waals surface area contributed by atoms with Gasteiger partial charge in [0.25, 0.3) is 17.4 Å². The van der Waals surface area contributed by atoms with Crippen LogP contribution < -0.4 is 31.9 Å². The molecule has 0 radical (unpaired) electrons. The maximum atomic E-state index is 13.5. The number of carbonyl (C=O) groups is 2. The van der Waals surface area contributed by atoms with E-state index in [4.69, 9.17) is 4.74 Å². The molecule has 3 N–H and O–H groups in total. The minimum atomic E-state index is -0.862. The van der Waals surface area contributed by atoms with E-state index in [1.807, 2.05) is 0 Å². The Kier molecular flexibility index (Phi) is 8.84. The van der Waals surface area contributed by atoms with E-state index >= 15 is 0 Å². The summed E-state index contributed by atoms with van der Waals surface area (Å²) in [7, 11) is 0. The standard InChI is InChI=1S/C33H31FN8O5/c1-19(2)41-18-25(32(45)42(33(41)46)22-5-3-20(34)4-6-22)30(43)40-29-8-7-23(16-38-29)47-28-11-14-36-27-17-37-26(15-24(27)28)31(44)39-21-9-12-35-13-10-21/h3-8,11,14-19,21,35H,9-10,12-13H2,1-2H3,(H,39,44)(H,38,40,43). The molecule has 5 aromatic rings. The van der Waals surface area contributed by atoms with Gasteiger partial charge in [-0.05, 0) is 88.3 Å². The van der Waals surface area contributed by atoms with Crippen LogP contribution in [0.2, 0.25) is 0 Å². The van der Waals surface area contributed by atoms with Crippen LogP contribution in [0.15, 0.2) is 82.9 Å². The molecule has 1 aliphatic rings. The van der Waals surface area contributed by atoms with E-state index in [0.717, 1.165) is 42.6 Å². The van der Waals surface area contributed by atoms with Gasteiger partial charge in [-0.2, -0.15) is 0 Å². The number of amides is 2. The van der Waals surface area contributed by atoms with Crippen molar-refractivity contribution in [2.24, 2.45) is 0 Å². The molecule has 1 aliphatic heterocycles. The molecule has 4 aromatic heterocycles. The van der Waals surface area contributed by atoms with Crippen molar-refractivity contribution in [3.63, 3.8) is 0 Å². The minimum absolute atomic E-state index is 0.0776. The van der Waals surface area contributed by atoms with Gasteiger partial charge in [0.1, 0.15) is 34.4 Å². The number of nitrogens with one attached hydrogen (secondary N) is 3. The summed E-state index contributed by atoms with van der Waals surface area (Å²) in [6.45, 7) is 5.16. The number of rotatable bonds is 8. The van der Waals surface area contributed by atoms with E-state index in [1.165, 1.54) is 41.4 Å². The molecule has 0 spiro atoms. The summed E-state index contributed by atoms with van der Waals surface area (Å²) in [4.78, 5) is 65.5. The van der Waals surface area contributed by atoms with Crippen LogP contribution in [0.3, 0.4) is 0 Å². The highest BCUT2D eigenvalue weighted by Gasteiger charge is 2.21. The Bertz CT molecular complexity index is 2070. The van der Waals surface area contributed by atoms with E-state index < -0.39 is 23.0 Å². The molecule has 2 amide bonds. The third-order valence-corrected chi connectivity index (χ3v) is 7.70. The smallest absolute Gasteiger partial charge is 0.335 e. The summed E-state index contributed by atoms with van der Waals surface area (Å²) in [5, 5.41) is 9.46. The average molecular weight is 639 g/mol. The van der Waals surface area contributed by atoms with Crippen LogP contribution in [0.4, 0.5) is 10.2 Å². The molecule has 0 atom stereocenters. The molecule has 47 heavy (non-hydrogen) atoms. The largest absolute Gasteiger partial charge is 0.455 e. The van der Waals surface area contributed by atoms with Crippen LogP contribution in [-0.4, -0.2) is 55.0 Å². The van der Waals surface area contributed by atoms with Crippen molar-refractivity contribution >= 4 is 28.5 Å². The fraction of sp³-hybridized carbons (Fsp3) is 0.242. The van der Waals surface area contributed by atoms with Crippen molar-refractivity contribution < 1.29 is 18.7 Å². The molecule has 5 heterocycles. The highest BCUT2D eigenvalue weighted by Crippen LogP contribution is 2.29. The highest BCUT2D eigenvalue weighted by atomic mass is 19.1. The summed E-state index contributed by atoms with van der Waals surface area (Å²) in [6.07, 6.45) is 7.36. The van der Waals surface area contributed by atoms with Crippen molar-refractivity contribution in [1.29, 1.82) is 0 Å². The zero-order valence-electron chi connectivity index (χ0n) is 25.6. The number of fused-ring (bicyclic) bond motifs is 1. The molecule has 1 aromatic carbocycles. The third-order valence-electron chi connectivity index (χ3n) is 7.70. The number of hydrogen-bond acceptors (Lipinski definition) is 9. The Morgan fingerprint density at radius 2 is 1.74 bits per heavy atom. The molecular formula is C33H31FN8O5. The SMILES string of the molecule is CC(C)n1cc(C(=O)Nc2ccc(Oc3ccnc4cnc(C(=O)NC5CCNCC5)cc34)cn2)c(=O)n(-c2ccc(F)cc2)c1=O. The molecule has 1 fully saturated rings. The lowest BCUT2D eigenvalue weighted by Crippen LogP contribution is -2.42. The Morgan fingerprint density at radius 1 is 0.979 bits per heavy atom. The van der Waals surface area contributed by atoms with E-state index in [-0.39, 0.29) is 40.8 Å². The van der Waals surface area contributed by atoms with Gasteiger partial charge in [0.2, 0.25) is 0 Å². The molecular weight excluding hydrogens is 607 g/mol. The highest BCUT2D eigenvalue weighted by molar-refractivity contribution is 6.03. The van der Waals surface area contributed by atoms with E-state index in [2.05, 4.69) is 30.9 Å². The van der Waals surface area contributed by atoms with Crippen LogP contribution in [-0.2, 0) is 0 Å². The lowest BCUT2D eigenvalue weighted by atomic mass is 10.1. The molecule has 6 rings (SSSR count). The zero-order chi connectivity index (χ0) is 33.1. The first-order chi connectivity index (χ1) is 22.7. The normalized spacial score (nSPS) is 13.4.